The molecule has 0 aromatic heterocycles. The molecule has 4 atom stereocenters. The van der Waals surface area contributed by atoms with Crippen LogP contribution in [0.5, 0.6) is 0 Å². The first-order chi connectivity index (χ1) is 16.5. The number of aliphatic hydroxyl groups excluding tert-OH is 1. The fraction of sp³-hybridized carbons (Fsp3) is 0.192. The van der Waals surface area contributed by atoms with E-state index in [4.69, 9.17) is 18.9 Å². The maximum absolute atomic E-state index is 12.8. The summed E-state index contributed by atoms with van der Waals surface area (Å²) in [6.45, 7) is -0.307. The van der Waals surface area contributed by atoms with Crippen LogP contribution in [0.25, 0.3) is 0 Å². The van der Waals surface area contributed by atoms with Gasteiger partial charge in [0, 0.05) is 0 Å². The van der Waals surface area contributed by atoms with Gasteiger partial charge in [-0.25, -0.2) is 14.4 Å². The summed E-state index contributed by atoms with van der Waals surface area (Å²) in [6.07, 6.45) is -5.51. The molecule has 1 fully saturated rings. The van der Waals surface area contributed by atoms with Gasteiger partial charge in [0.05, 0.1) is 23.3 Å². The predicted molar refractivity (Wildman–Crippen MR) is 119 cm³/mol. The smallest absolute Gasteiger partial charge is 0.340 e. The van der Waals surface area contributed by atoms with E-state index in [0.29, 0.717) is 0 Å². The first-order valence-corrected chi connectivity index (χ1v) is 10.6. The minimum absolute atomic E-state index is 0.226. The number of hydrogen-bond acceptors (Lipinski definition) is 8. The highest BCUT2D eigenvalue weighted by molar-refractivity contribution is 5.91. The number of ether oxygens (including phenoxy) is 4. The second-order valence-corrected chi connectivity index (χ2v) is 7.51. The van der Waals surface area contributed by atoms with Crippen LogP contribution in [0.15, 0.2) is 91.0 Å². The third kappa shape index (κ3) is 5.48. The highest BCUT2D eigenvalue weighted by atomic mass is 16.7. The summed E-state index contributed by atoms with van der Waals surface area (Å²) in [5.74, 6) is -2.22. The molecule has 3 aromatic rings. The Morgan fingerprint density at radius 1 is 0.618 bits per heavy atom. The minimum atomic E-state index is -1.42. The van der Waals surface area contributed by atoms with Gasteiger partial charge in [0.15, 0.2) is 6.10 Å². The molecule has 4 rings (SSSR count). The Bertz CT molecular complexity index is 1120. The lowest BCUT2D eigenvalue weighted by molar-refractivity contribution is -0.250. The topological polar surface area (TPSA) is 108 Å². The van der Waals surface area contributed by atoms with Crippen LogP contribution < -0.4 is 0 Å². The molecule has 0 amide bonds. The molecule has 1 saturated heterocycles. The number of aliphatic hydroxyl groups is 1. The zero-order chi connectivity index (χ0) is 23.9. The van der Waals surface area contributed by atoms with Gasteiger partial charge in [0.2, 0.25) is 12.4 Å². The standard InChI is InChI=1S/C26H22O8/c27-20-16-31-26(34-25(30)19-14-8-3-9-15-19)22(33-24(29)18-12-6-2-7-13-18)21(20)32-23(28)17-10-4-1-5-11-17/h1-15,20-22,26-27H,16H2/t20-,21-,22+,26+/m0/s1. The van der Waals surface area contributed by atoms with Crippen molar-refractivity contribution in [3.8, 4) is 0 Å². The lowest BCUT2D eigenvalue weighted by Crippen LogP contribution is -2.57. The van der Waals surface area contributed by atoms with Crippen molar-refractivity contribution in [3.63, 3.8) is 0 Å². The molecule has 0 aliphatic carbocycles. The molecule has 0 bridgehead atoms. The highest BCUT2D eigenvalue weighted by Crippen LogP contribution is 2.26. The highest BCUT2D eigenvalue weighted by Gasteiger charge is 2.47. The van der Waals surface area contributed by atoms with Crippen molar-refractivity contribution in [2.45, 2.75) is 24.6 Å². The van der Waals surface area contributed by atoms with Crippen LogP contribution in [0.4, 0.5) is 0 Å². The van der Waals surface area contributed by atoms with Crippen LogP contribution in [-0.2, 0) is 18.9 Å². The molecule has 8 heteroatoms. The van der Waals surface area contributed by atoms with Crippen LogP contribution >= 0.6 is 0 Å². The number of esters is 3. The van der Waals surface area contributed by atoms with Crippen LogP contribution in [-0.4, -0.2) is 54.2 Å². The Morgan fingerprint density at radius 2 is 1.00 bits per heavy atom. The molecule has 1 N–H and O–H groups in total. The quantitative estimate of drug-likeness (QED) is 0.440. The lowest BCUT2D eigenvalue weighted by Gasteiger charge is -2.38. The van der Waals surface area contributed by atoms with E-state index in [-0.39, 0.29) is 23.3 Å². The lowest BCUT2D eigenvalue weighted by atomic mass is 10.0. The van der Waals surface area contributed by atoms with Gasteiger partial charge in [0.25, 0.3) is 0 Å². The Morgan fingerprint density at radius 3 is 1.44 bits per heavy atom. The molecule has 1 aliphatic rings. The zero-order valence-electron chi connectivity index (χ0n) is 18.0. The third-order valence-electron chi connectivity index (χ3n) is 5.14. The number of rotatable bonds is 6. The summed E-state index contributed by atoms with van der Waals surface area (Å²) in [5, 5.41) is 10.6. The SMILES string of the molecule is O=C(O[C@H]1OC[C@H](O)[C@H](OC(=O)c2ccccc2)[C@H]1OC(=O)c1ccccc1)c1ccccc1. The molecule has 3 aromatic carbocycles. The largest absolute Gasteiger partial charge is 0.452 e. The van der Waals surface area contributed by atoms with Crippen LogP contribution in [0.2, 0.25) is 0 Å². The molecule has 8 nitrogen and oxygen atoms in total. The monoisotopic (exact) mass is 462 g/mol. The number of carbonyl (C=O) groups is 3. The summed E-state index contributed by atoms with van der Waals surface area (Å²) in [5.41, 5.74) is 0.721. The first kappa shape index (κ1) is 23.2. The summed E-state index contributed by atoms with van der Waals surface area (Å²) < 4.78 is 22.0. The zero-order valence-corrected chi connectivity index (χ0v) is 18.0. The number of hydrogen-bond donors (Lipinski definition) is 1. The van der Waals surface area contributed by atoms with E-state index >= 15 is 0 Å². The third-order valence-corrected chi connectivity index (χ3v) is 5.14. The van der Waals surface area contributed by atoms with Gasteiger partial charge < -0.3 is 24.1 Å². The van der Waals surface area contributed by atoms with Gasteiger partial charge in [0.1, 0.15) is 6.10 Å². The fourth-order valence-electron chi connectivity index (χ4n) is 3.41. The van der Waals surface area contributed by atoms with Gasteiger partial charge in [-0.3, -0.25) is 0 Å². The molecule has 0 spiro atoms. The average molecular weight is 462 g/mol. The summed E-state index contributed by atoms with van der Waals surface area (Å²) >= 11 is 0. The van der Waals surface area contributed by atoms with Gasteiger partial charge >= 0.3 is 17.9 Å². The second-order valence-electron chi connectivity index (χ2n) is 7.51. The van der Waals surface area contributed by atoms with E-state index in [1.165, 1.54) is 0 Å². The maximum atomic E-state index is 12.8. The van der Waals surface area contributed by atoms with Gasteiger partial charge in [-0.15, -0.1) is 0 Å². The van der Waals surface area contributed by atoms with E-state index in [9.17, 15) is 19.5 Å². The van der Waals surface area contributed by atoms with Gasteiger partial charge in [-0.05, 0) is 36.4 Å². The van der Waals surface area contributed by atoms with Crippen molar-refractivity contribution >= 4 is 17.9 Å². The maximum Gasteiger partial charge on any atom is 0.340 e. The Hall–Kier alpha value is -4.01. The molecule has 0 radical (unpaired) electrons. The van der Waals surface area contributed by atoms with Crippen molar-refractivity contribution in [2.75, 3.05) is 6.61 Å². The van der Waals surface area contributed by atoms with Crippen LogP contribution in [0.1, 0.15) is 31.1 Å². The Labute approximate surface area is 195 Å². The van der Waals surface area contributed by atoms with Crippen molar-refractivity contribution in [1.82, 2.24) is 0 Å². The van der Waals surface area contributed by atoms with Crippen LogP contribution in [0.3, 0.4) is 0 Å². The predicted octanol–water partition coefficient (Wildman–Crippen LogP) is 3.01. The summed E-state index contributed by atoms with van der Waals surface area (Å²) in [7, 11) is 0. The Balaban J connectivity index is 1.59. The summed E-state index contributed by atoms with van der Waals surface area (Å²) in [6, 6.07) is 24.5. The minimum Gasteiger partial charge on any atom is -0.452 e. The van der Waals surface area contributed by atoms with Gasteiger partial charge in [-0.2, -0.15) is 0 Å². The van der Waals surface area contributed by atoms with Crippen molar-refractivity contribution in [3.05, 3.63) is 108 Å². The van der Waals surface area contributed by atoms with Gasteiger partial charge in [-0.1, -0.05) is 54.6 Å². The summed E-state index contributed by atoms with van der Waals surface area (Å²) in [4.78, 5) is 38.1. The molecule has 174 valence electrons. The van der Waals surface area contributed by atoms with E-state index in [1.54, 1.807) is 91.0 Å². The fourth-order valence-corrected chi connectivity index (χ4v) is 3.41. The average Bonchev–Trinajstić information content (AvgIpc) is 2.89. The van der Waals surface area contributed by atoms with E-state index in [0.717, 1.165) is 0 Å². The van der Waals surface area contributed by atoms with Crippen molar-refractivity contribution in [1.29, 1.82) is 0 Å². The molecular weight excluding hydrogens is 440 g/mol. The molecule has 1 aliphatic heterocycles. The first-order valence-electron chi connectivity index (χ1n) is 10.6. The van der Waals surface area contributed by atoms with Crippen LogP contribution in [0, 0.1) is 0 Å². The molecule has 1 heterocycles. The molecule has 0 unspecified atom stereocenters. The second kappa shape index (κ2) is 10.7. The van der Waals surface area contributed by atoms with Crippen molar-refractivity contribution in [2.24, 2.45) is 0 Å². The Kier molecular flexibility index (Phi) is 7.31. The molecule has 0 saturated carbocycles. The van der Waals surface area contributed by atoms with E-state index in [1.807, 2.05) is 0 Å². The number of carbonyl (C=O) groups excluding carboxylic acids is 3. The molecular formula is C26H22O8. The van der Waals surface area contributed by atoms with E-state index < -0.39 is 42.5 Å². The van der Waals surface area contributed by atoms with E-state index in [2.05, 4.69) is 0 Å². The number of benzene rings is 3. The normalized spacial score (nSPS) is 21.8. The molecule has 34 heavy (non-hydrogen) atoms. The van der Waals surface area contributed by atoms with Crippen molar-refractivity contribution < 1.29 is 38.4 Å².